The van der Waals surface area contributed by atoms with Crippen molar-refractivity contribution in [3.05, 3.63) is 126 Å². The molecule has 5 aromatic rings. The van der Waals surface area contributed by atoms with Gasteiger partial charge in [0, 0.05) is 6.20 Å². The van der Waals surface area contributed by atoms with Gasteiger partial charge in [0.1, 0.15) is 24.1 Å². The Bertz CT molecular complexity index is 1510. The highest BCUT2D eigenvalue weighted by molar-refractivity contribution is 5.81. The summed E-state index contributed by atoms with van der Waals surface area (Å²) in [5, 5.41) is 5.48. The van der Waals surface area contributed by atoms with E-state index < -0.39 is 24.5 Å². The van der Waals surface area contributed by atoms with Crippen LogP contribution in [0.1, 0.15) is 22.9 Å². The first-order valence-electron chi connectivity index (χ1n) is 13.7. The normalized spacial score (nSPS) is 20.4. The molecule has 8 heteroatoms. The summed E-state index contributed by atoms with van der Waals surface area (Å²) in [6, 6.07) is 32.1. The lowest BCUT2D eigenvalue weighted by molar-refractivity contribution is -0.0926. The quantitative estimate of drug-likeness (QED) is 0.196. The number of hydrogen-bond donors (Lipinski definition) is 0. The van der Waals surface area contributed by atoms with Crippen LogP contribution in [0.25, 0.3) is 11.0 Å². The minimum Gasteiger partial charge on any atom is -0.496 e. The number of ether oxygens (including phenoxy) is 5. The standard InChI is InChI=1S/C33H33N3O5/c1-37-28-17-18-34-32-27(28)19-35-36(32)33-31(40-22-26-15-9-4-10-16-26)30(39-21-25-13-7-3-8-14-25)29(41-33)23-38-20-24-11-5-2-6-12-24/h2-19,29-31,33H,20-23H2,1H3/t29-,30-,31+,33-/m1/s1. The van der Waals surface area contributed by atoms with Crippen molar-refractivity contribution in [2.24, 2.45) is 0 Å². The van der Waals surface area contributed by atoms with Gasteiger partial charge in [-0.25, -0.2) is 9.67 Å². The molecule has 0 N–H and O–H groups in total. The lowest BCUT2D eigenvalue weighted by Gasteiger charge is -2.25. The predicted molar refractivity (Wildman–Crippen MR) is 154 cm³/mol. The zero-order valence-electron chi connectivity index (χ0n) is 22.9. The molecule has 8 nitrogen and oxygen atoms in total. The van der Waals surface area contributed by atoms with Gasteiger partial charge in [0.15, 0.2) is 11.9 Å². The average molecular weight is 552 g/mol. The van der Waals surface area contributed by atoms with Gasteiger partial charge in [-0.3, -0.25) is 0 Å². The maximum atomic E-state index is 6.67. The molecule has 1 aliphatic heterocycles. The summed E-state index contributed by atoms with van der Waals surface area (Å²) in [6.45, 7) is 1.60. The first-order chi connectivity index (χ1) is 20.3. The number of methoxy groups -OCH3 is 1. The summed E-state index contributed by atoms with van der Waals surface area (Å²) < 4.78 is 33.3. The van der Waals surface area contributed by atoms with Crippen molar-refractivity contribution in [2.75, 3.05) is 13.7 Å². The molecule has 0 saturated carbocycles. The van der Waals surface area contributed by atoms with E-state index in [0.29, 0.717) is 37.8 Å². The Morgan fingerprint density at radius 2 is 1.32 bits per heavy atom. The molecule has 1 saturated heterocycles. The maximum absolute atomic E-state index is 6.67. The fraction of sp³-hybridized carbons (Fsp3) is 0.273. The van der Waals surface area contributed by atoms with E-state index in [1.165, 1.54) is 0 Å². The third kappa shape index (κ3) is 6.31. The van der Waals surface area contributed by atoms with Crippen LogP contribution in [0.3, 0.4) is 0 Å². The molecule has 2 aromatic heterocycles. The van der Waals surface area contributed by atoms with Gasteiger partial charge in [-0.15, -0.1) is 0 Å². The van der Waals surface area contributed by atoms with E-state index in [9.17, 15) is 0 Å². The summed E-state index contributed by atoms with van der Waals surface area (Å²) in [5.41, 5.74) is 3.87. The fourth-order valence-corrected chi connectivity index (χ4v) is 5.11. The van der Waals surface area contributed by atoms with E-state index >= 15 is 0 Å². The van der Waals surface area contributed by atoms with Crippen LogP contribution in [0, 0.1) is 0 Å². The number of fused-ring (bicyclic) bond motifs is 1. The zero-order valence-corrected chi connectivity index (χ0v) is 22.9. The van der Waals surface area contributed by atoms with Gasteiger partial charge in [0.25, 0.3) is 0 Å². The van der Waals surface area contributed by atoms with Crippen molar-refractivity contribution in [1.29, 1.82) is 0 Å². The molecule has 3 aromatic carbocycles. The average Bonchev–Trinajstić information content (AvgIpc) is 3.61. The zero-order chi connectivity index (χ0) is 27.9. The van der Waals surface area contributed by atoms with E-state index in [2.05, 4.69) is 10.1 Å². The minimum atomic E-state index is -0.595. The number of pyridine rings is 1. The Kier molecular flexibility index (Phi) is 8.63. The van der Waals surface area contributed by atoms with Crippen LogP contribution in [0.2, 0.25) is 0 Å². The number of hydrogen-bond acceptors (Lipinski definition) is 7. The molecule has 1 aliphatic rings. The molecule has 0 spiro atoms. The van der Waals surface area contributed by atoms with Gasteiger partial charge in [-0.2, -0.15) is 5.10 Å². The maximum Gasteiger partial charge on any atom is 0.181 e. The van der Waals surface area contributed by atoms with Crippen LogP contribution in [0.4, 0.5) is 0 Å². The van der Waals surface area contributed by atoms with Gasteiger partial charge < -0.3 is 23.7 Å². The summed E-state index contributed by atoms with van der Waals surface area (Å²) >= 11 is 0. The second-order valence-electron chi connectivity index (χ2n) is 9.93. The molecule has 3 heterocycles. The lowest BCUT2D eigenvalue weighted by atomic mass is 10.1. The molecular weight excluding hydrogens is 518 g/mol. The van der Waals surface area contributed by atoms with Crippen molar-refractivity contribution in [2.45, 2.75) is 44.4 Å². The Morgan fingerprint density at radius 3 is 1.93 bits per heavy atom. The highest BCUT2D eigenvalue weighted by atomic mass is 16.6. The second kappa shape index (κ2) is 13.1. The predicted octanol–water partition coefficient (Wildman–Crippen LogP) is 5.72. The van der Waals surface area contributed by atoms with Gasteiger partial charge in [-0.05, 0) is 22.8 Å². The smallest absolute Gasteiger partial charge is 0.181 e. The highest BCUT2D eigenvalue weighted by Crippen LogP contribution is 2.37. The molecule has 1 fully saturated rings. The Hall–Kier alpha value is -4.08. The van der Waals surface area contributed by atoms with Crippen molar-refractivity contribution in [1.82, 2.24) is 14.8 Å². The minimum absolute atomic E-state index is 0.325. The molecule has 0 radical (unpaired) electrons. The van der Waals surface area contributed by atoms with Crippen LogP contribution in [-0.2, 0) is 38.8 Å². The number of rotatable bonds is 12. The monoisotopic (exact) mass is 551 g/mol. The van der Waals surface area contributed by atoms with Crippen LogP contribution in [-0.4, -0.2) is 46.8 Å². The number of benzene rings is 3. The number of nitrogens with zero attached hydrogens (tertiary/aromatic N) is 3. The lowest BCUT2D eigenvalue weighted by Crippen LogP contribution is -2.38. The number of aromatic nitrogens is 3. The van der Waals surface area contributed by atoms with Crippen LogP contribution >= 0.6 is 0 Å². The second-order valence-corrected chi connectivity index (χ2v) is 9.93. The van der Waals surface area contributed by atoms with Crippen molar-refractivity contribution < 1.29 is 23.7 Å². The van der Waals surface area contributed by atoms with E-state index in [0.717, 1.165) is 22.1 Å². The Balaban J connectivity index is 1.30. The van der Waals surface area contributed by atoms with Crippen LogP contribution < -0.4 is 4.74 Å². The molecule has 6 rings (SSSR count). The fourth-order valence-electron chi connectivity index (χ4n) is 5.11. The molecule has 0 bridgehead atoms. The topological polar surface area (TPSA) is 76.9 Å². The molecule has 0 unspecified atom stereocenters. The van der Waals surface area contributed by atoms with Gasteiger partial charge >= 0.3 is 0 Å². The Morgan fingerprint density at radius 1 is 0.732 bits per heavy atom. The van der Waals surface area contributed by atoms with E-state index in [1.807, 2.05) is 97.1 Å². The molecule has 210 valence electrons. The summed E-state index contributed by atoms with van der Waals surface area (Å²) in [6.07, 6.45) is 1.54. The van der Waals surface area contributed by atoms with Crippen LogP contribution in [0.5, 0.6) is 5.75 Å². The molecule has 0 amide bonds. The van der Waals surface area contributed by atoms with E-state index in [4.69, 9.17) is 23.7 Å². The molecule has 0 aliphatic carbocycles. The van der Waals surface area contributed by atoms with Crippen molar-refractivity contribution >= 4 is 11.0 Å². The molecule has 4 atom stereocenters. The van der Waals surface area contributed by atoms with Gasteiger partial charge in [-0.1, -0.05) is 91.0 Å². The van der Waals surface area contributed by atoms with Crippen molar-refractivity contribution in [3.8, 4) is 5.75 Å². The molecular formula is C33H33N3O5. The summed E-state index contributed by atoms with van der Waals surface area (Å²) in [4.78, 5) is 4.61. The van der Waals surface area contributed by atoms with Gasteiger partial charge in [0.05, 0.1) is 45.1 Å². The van der Waals surface area contributed by atoms with Crippen molar-refractivity contribution in [3.63, 3.8) is 0 Å². The third-order valence-electron chi connectivity index (χ3n) is 7.17. The SMILES string of the molecule is COc1ccnc2c1cnn2[C@@H]1O[C@H](COCc2ccccc2)[C@@H](OCc2ccccc2)[C@@H]1OCc1ccccc1. The van der Waals surface area contributed by atoms with Gasteiger partial charge in [0.2, 0.25) is 0 Å². The third-order valence-corrected chi connectivity index (χ3v) is 7.17. The Labute approximate surface area is 239 Å². The van der Waals surface area contributed by atoms with Crippen LogP contribution in [0.15, 0.2) is 109 Å². The first-order valence-corrected chi connectivity index (χ1v) is 13.7. The first kappa shape index (κ1) is 27.1. The molecule has 41 heavy (non-hydrogen) atoms. The summed E-state index contributed by atoms with van der Waals surface area (Å²) in [7, 11) is 1.64. The van der Waals surface area contributed by atoms with E-state index in [-0.39, 0.29) is 0 Å². The largest absolute Gasteiger partial charge is 0.496 e. The highest BCUT2D eigenvalue weighted by Gasteiger charge is 2.48. The van der Waals surface area contributed by atoms with E-state index in [1.54, 1.807) is 24.2 Å². The summed E-state index contributed by atoms with van der Waals surface area (Å²) in [5.74, 6) is 0.695.